The smallest absolute Gasteiger partial charge is 0.261 e. The van der Waals surface area contributed by atoms with Crippen LogP contribution in [0.2, 0.25) is 0 Å². The van der Waals surface area contributed by atoms with E-state index >= 15 is 0 Å². The number of aryl methyl sites for hydroxylation is 1. The van der Waals surface area contributed by atoms with Gasteiger partial charge in [0.1, 0.15) is 0 Å². The average molecular weight is 369 g/mol. The lowest BCUT2D eigenvalue weighted by Crippen LogP contribution is -2.14. The van der Waals surface area contributed by atoms with Crippen LogP contribution < -0.4 is 10.5 Å². The molecule has 0 spiro atoms. The number of hydrogen-bond acceptors (Lipinski definition) is 3. The van der Waals surface area contributed by atoms with Gasteiger partial charge in [-0.3, -0.25) is 4.72 Å². The highest BCUT2D eigenvalue weighted by atomic mass is 79.9. The Morgan fingerprint density at radius 3 is 2.38 bits per heavy atom. The van der Waals surface area contributed by atoms with E-state index in [1.165, 1.54) is 0 Å². The Morgan fingerprint density at radius 2 is 1.81 bits per heavy atom. The van der Waals surface area contributed by atoms with Crippen LogP contribution in [-0.2, 0) is 16.4 Å². The van der Waals surface area contributed by atoms with Crippen molar-refractivity contribution in [2.75, 3.05) is 10.5 Å². The summed E-state index contributed by atoms with van der Waals surface area (Å²) in [5.74, 6) is 0. The Kier molecular flexibility index (Phi) is 4.90. The Morgan fingerprint density at radius 1 is 1.14 bits per heavy atom. The molecular weight excluding hydrogens is 352 g/mol. The van der Waals surface area contributed by atoms with Gasteiger partial charge in [0.05, 0.1) is 16.3 Å². The maximum Gasteiger partial charge on any atom is 0.261 e. The summed E-state index contributed by atoms with van der Waals surface area (Å²) in [4.78, 5) is 0.227. The number of nitrogens with one attached hydrogen (secondary N) is 1. The molecule has 0 heterocycles. The highest BCUT2D eigenvalue weighted by molar-refractivity contribution is 9.10. The fourth-order valence-corrected chi connectivity index (χ4v) is 3.42. The third-order valence-electron chi connectivity index (χ3n) is 3.03. The molecule has 0 saturated heterocycles. The number of nitrogens with two attached hydrogens (primary N) is 1. The minimum Gasteiger partial charge on any atom is -0.397 e. The van der Waals surface area contributed by atoms with E-state index in [9.17, 15) is 8.42 Å². The first-order valence-corrected chi connectivity index (χ1v) is 8.87. The van der Waals surface area contributed by atoms with Gasteiger partial charge in [0.15, 0.2) is 0 Å². The summed E-state index contributed by atoms with van der Waals surface area (Å²) in [5.41, 5.74) is 7.68. The van der Waals surface area contributed by atoms with Gasteiger partial charge in [0.25, 0.3) is 10.0 Å². The topological polar surface area (TPSA) is 72.2 Å². The zero-order valence-electron chi connectivity index (χ0n) is 11.6. The molecule has 0 amide bonds. The standard InChI is InChI=1S/C15H17BrN2O2S/c1-2-3-11-4-7-13(8-5-11)21(19,20)18-15-9-6-12(16)10-14(15)17/h4-10,18H,2-3,17H2,1H3. The summed E-state index contributed by atoms with van der Waals surface area (Å²) in [7, 11) is -3.63. The van der Waals surface area contributed by atoms with Crippen LogP contribution in [0.1, 0.15) is 18.9 Å². The van der Waals surface area contributed by atoms with Crippen LogP contribution in [0.4, 0.5) is 11.4 Å². The molecule has 4 nitrogen and oxygen atoms in total. The van der Waals surface area contributed by atoms with E-state index in [1.54, 1.807) is 30.3 Å². The van der Waals surface area contributed by atoms with Crippen molar-refractivity contribution in [3.63, 3.8) is 0 Å². The van der Waals surface area contributed by atoms with Gasteiger partial charge in [-0.05, 0) is 42.3 Å². The van der Waals surface area contributed by atoms with Crippen LogP contribution in [-0.4, -0.2) is 8.42 Å². The molecule has 3 N–H and O–H groups in total. The highest BCUT2D eigenvalue weighted by Crippen LogP contribution is 2.25. The molecule has 6 heteroatoms. The molecule has 0 atom stereocenters. The first-order chi connectivity index (χ1) is 9.92. The summed E-state index contributed by atoms with van der Waals surface area (Å²) in [6.45, 7) is 2.09. The van der Waals surface area contributed by atoms with Gasteiger partial charge in [0, 0.05) is 4.47 Å². The first-order valence-electron chi connectivity index (χ1n) is 6.59. The minimum absolute atomic E-state index is 0.227. The number of halogens is 1. The molecule has 2 aromatic rings. The molecule has 0 aliphatic rings. The van der Waals surface area contributed by atoms with Gasteiger partial charge in [-0.2, -0.15) is 0 Å². The maximum absolute atomic E-state index is 12.3. The molecule has 2 aromatic carbocycles. The van der Waals surface area contributed by atoms with Crippen LogP contribution in [0.15, 0.2) is 51.8 Å². The largest absolute Gasteiger partial charge is 0.397 e. The lowest BCUT2D eigenvalue weighted by Gasteiger charge is -2.11. The molecule has 0 bridgehead atoms. The Bertz CT molecular complexity index is 728. The maximum atomic E-state index is 12.3. The number of benzene rings is 2. The minimum atomic E-state index is -3.63. The normalized spacial score (nSPS) is 11.3. The first kappa shape index (κ1) is 15.9. The number of rotatable bonds is 5. The number of nitrogen functional groups attached to an aromatic ring is 1. The fraction of sp³-hybridized carbons (Fsp3) is 0.200. The molecular formula is C15H17BrN2O2S. The van der Waals surface area contributed by atoms with Crippen LogP contribution in [0.3, 0.4) is 0 Å². The van der Waals surface area contributed by atoms with Crippen molar-refractivity contribution in [3.05, 3.63) is 52.5 Å². The van der Waals surface area contributed by atoms with Crippen molar-refractivity contribution >= 4 is 37.3 Å². The Hall–Kier alpha value is -1.53. The lowest BCUT2D eigenvalue weighted by molar-refractivity contribution is 0.601. The molecule has 0 unspecified atom stereocenters. The third kappa shape index (κ3) is 3.98. The Balaban J connectivity index is 2.25. The molecule has 21 heavy (non-hydrogen) atoms. The van der Waals surface area contributed by atoms with Crippen molar-refractivity contribution in [1.29, 1.82) is 0 Å². The number of sulfonamides is 1. The molecule has 0 fully saturated rings. The van der Waals surface area contributed by atoms with E-state index in [4.69, 9.17) is 5.73 Å². The fourth-order valence-electron chi connectivity index (χ4n) is 1.95. The summed E-state index contributed by atoms with van der Waals surface area (Å²) in [5, 5.41) is 0. The monoisotopic (exact) mass is 368 g/mol. The molecule has 0 aliphatic heterocycles. The van der Waals surface area contributed by atoms with Gasteiger partial charge in [0.2, 0.25) is 0 Å². The van der Waals surface area contributed by atoms with Gasteiger partial charge in [-0.15, -0.1) is 0 Å². The van der Waals surface area contributed by atoms with Crippen LogP contribution in [0.25, 0.3) is 0 Å². The molecule has 0 saturated carbocycles. The van der Waals surface area contributed by atoms with Crippen molar-refractivity contribution in [2.24, 2.45) is 0 Å². The second-order valence-corrected chi connectivity index (χ2v) is 7.33. The van der Waals surface area contributed by atoms with E-state index in [1.807, 2.05) is 12.1 Å². The Labute approximate surface area is 133 Å². The predicted molar refractivity (Wildman–Crippen MR) is 89.8 cm³/mol. The van der Waals surface area contributed by atoms with Crippen LogP contribution in [0.5, 0.6) is 0 Å². The third-order valence-corrected chi connectivity index (χ3v) is 4.90. The van der Waals surface area contributed by atoms with Gasteiger partial charge < -0.3 is 5.73 Å². The summed E-state index contributed by atoms with van der Waals surface area (Å²) in [6.07, 6.45) is 1.97. The second-order valence-electron chi connectivity index (χ2n) is 4.73. The molecule has 112 valence electrons. The highest BCUT2D eigenvalue weighted by Gasteiger charge is 2.15. The predicted octanol–water partition coefficient (Wildman–Crippen LogP) is 3.78. The zero-order chi connectivity index (χ0) is 15.5. The SMILES string of the molecule is CCCc1ccc(S(=O)(=O)Nc2ccc(Br)cc2N)cc1. The van der Waals surface area contributed by atoms with Crippen molar-refractivity contribution in [2.45, 2.75) is 24.7 Å². The van der Waals surface area contributed by atoms with E-state index < -0.39 is 10.0 Å². The summed E-state index contributed by atoms with van der Waals surface area (Å²) >= 11 is 3.29. The van der Waals surface area contributed by atoms with E-state index in [0.29, 0.717) is 11.4 Å². The van der Waals surface area contributed by atoms with Crippen molar-refractivity contribution < 1.29 is 8.42 Å². The molecule has 0 aliphatic carbocycles. The van der Waals surface area contributed by atoms with E-state index in [0.717, 1.165) is 22.9 Å². The van der Waals surface area contributed by atoms with E-state index in [-0.39, 0.29) is 4.90 Å². The number of hydrogen-bond donors (Lipinski definition) is 2. The average Bonchev–Trinajstić information content (AvgIpc) is 2.43. The van der Waals surface area contributed by atoms with Gasteiger partial charge >= 0.3 is 0 Å². The summed E-state index contributed by atoms with van der Waals surface area (Å²) < 4.78 is 28.0. The van der Waals surface area contributed by atoms with Crippen LogP contribution in [0, 0.1) is 0 Å². The van der Waals surface area contributed by atoms with Crippen molar-refractivity contribution in [1.82, 2.24) is 0 Å². The zero-order valence-corrected chi connectivity index (χ0v) is 14.0. The van der Waals surface area contributed by atoms with Crippen molar-refractivity contribution in [3.8, 4) is 0 Å². The number of anilines is 2. The van der Waals surface area contributed by atoms with E-state index in [2.05, 4.69) is 27.6 Å². The van der Waals surface area contributed by atoms with Gasteiger partial charge in [-0.1, -0.05) is 41.4 Å². The molecule has 2 rings (SSSR count). The van der Waals surface area contributed by atoms with Gasteiger partial charge in [-0.25, -0.2) is 8.42 Å². The van der Waals surface area contributed by atoms with Crippen LogP contribution >= 0.6 is 15.9 Å². The summed E-state index contributed by atoms with van der Waals surface area (Å²) in [6, 6.07) is 11.9. The molecule has 0 aromatic heterocycles. The lowest BCUT2D eigenvalue weighted by atomic mass is 10.1. The molecule has 0 radical (unpaired) electrons. The quantitative estimate of drug-likeness (QED) is 0.788. The second kappa shape index (κ2) is 6.49.